The van der Waals surface area contributed by atoms with Crippen molar-refractivity contribution in [3.05, 3.63) is 0 Å². The van der Waals surface area contributed by atoms with Gasteiger partial charge < -0.3 is 10.2 Å². The molecule has 4 saturated carbocycles. The molecule has 4 fully saturated rings. The molecular formula is C19H29FO3. The van der Waals surface area contributed by atoms with Gasteiger partial charge in [-0.1, -0.05) is 13.8 Å². The van der Waals surface area contributed by atoms with Crippen molar-refractivity contribution in [1.29, 1.82) is 0 Å². The topological polar surface area (TPSA) is 57.5 Å². The maximum atomic E-state index is 16.6. The second-order valence-corrected chi connectivity index (χ2v) is 9.20. The van der Waals surface area contributed by atoms with E-state index in [4.69, 9.17) is 0 Å². The standard InChI is InChI=1S/C19H29FO3/c1-17-10-16(23)19(20)14(13(17)5-6-15(17)22)4-3-11-9-12(21)7-8-18(11,19)2/h11-14,16,21,23H,3-10H2,1-2H3/t11-,12+,13+,14-,16+,17-,18-,19-/m0/s1. The predicted octanol–water partition coefficient (Wildman–Crippen LogP) is 3.02. The molecular weight excluding hydrogens is 295 g/mol. The van der Waals surface area contributed by atoms with Gasteiger partial charge in [0.05, 0.1) is 12.2 Å². The summed E-state index contributed by atoms with van der Waals surface area (Å²) in [6.07, 6.45) is 3.79. The predicted molar refractivity (Wildman–Crippen MR) is 84.5 cm³/mol. The first-order valence-electron chi connectivity index (χ1n) is 9.32. The minimum Gasteiger partial charge on any atom is -0.393 e. The minimum atomic E-state index is -1.61. The summed E-state index contributed by atoms with van der Waals surface area (Å²) in [7, 11) is 0. The Kier molecular flexibility index (Phi) is 3.33. The number of Topliss-reactive ketones (excluding diaryl/α,β-unsaturated/α-hetero) is 1. The number of fused-ring (bicyclic) bond motifs is 5. The van der Waals surface area contributed by atoms with E-state index in [0.29, 0.717) is 25.7 Å². The SMILES string of the molecule is C[C@]12CC[C@@H](O)C[C@@H]1CC[C@H]1[C@H]3CCC(=O)[C@@]3(C)C[C@@H](O)[C@@]12F. The average molecular weight is 324 g/mol. The van der Waals surface area contributed by atoms with E-state index in [0.717, 1.165) is 19.3 Å². The molecule has 0 aromatic carbocycles. The number of carbonyl (C=O) groups excluding carboxylic acids is 1. The molecule has 0 amide bonds. The molecule has 130 valence electrons. The lowest BCUT2D eigenvalue weighted by molar-refractivity contribution is -0.244. The van der Waals surface area contributed by atoms with Gasteiger partial charge in [0, 0.05) is 17.3 Å². The quantitative estimate of drug-likeness (QED) is 0.720. The maximum absolute atomic E-state index is 16.6. The molecule has 0 saturated heterocycles. The van der Waals surface area contributed by atoms with Crippen LogP contribution in [-0.4, -0.2) is 33.9 Å². The largest absolute Gasteiger partial charge is 0.393 e. The average Bonchev–Trinajstić information content (AvgIpc) is 2.77. The Bertz CT molecular complexity index is 537. The molecule has 4 heteroatoms. The van der Waals surface area contributed by atoms with Crippen molar-refractivity contribution in [3.8, 4) is 0 Å². The molecule has 0 aromatic rings. The molecule has 4 aliphatic carbocycles. The Morgan fingerprint density at radius 3 is 2.57 bits per heavy atom. The molecule has 2 N–H and O–H groups in total. The lowest BCUT2D eigenvalue weighted by Gasteiger charge is -2.64. The van der Waals surface area contributed by atoms with Gasteiger partial charge in [0.2, 0.25) is 0 Å². The normalized spacial score (nSPS) is 59.2. The zero-order valence-corrected chi connectivity index (χ0v) is 14.2. The zero-order chi connectivity index (χ0) is 16.6. The summed E-state index contributed by atoms with van der Waals surface area (Å²) in [4.78, 5) is 12.4. The number of hydrogen-bond acceptors (Lipinski definition) is 3. The van der Waals surface area contributed by atoms with Crippen molar-refractivity contribution in [3.63, 3.8) is 0 Å². The Hall–Kier alpha value is -0.480. The smallest absolute Gasteiger partial charge is 0.145 e. The molecule has 0 aliphatic heterocycles. The highest BCUT2D eigenvalue weighted by Crippen LogP contribution is 2.68. The first-order chi connectivity index (χ1) is 10.7. The fraction of sp³-hybridized carbons (Fsp3) is 0.947. The third kappa shape index (κ3) is 1.80. The minimum absolute atomic E-state index is 0.0769. The highest BCUT2D eigenvalue weighted by molar-refractivity contribution is 5.87. The van der Waals surface area contributed by atoms with Gasteiger partial charge in [-0.15, -0.1) is 0 Å². The van der Waals surface area contributed by atoms with E-state index in [9.17, 15) is 15.0 Å². The Morgan fingerprint density at radius 1 is 1.09 bits per heavy atom. The van der Waals surface area contributed by atoms with E-state index in [2.05, 4.69) is 0 Å². The molecule has 0 unspecified atom stereocenters. The van der Waals surface area contributed by atoms with Crippen LogP contribution >= 0.6 is 0 Å². The molecule has 0 heterocycles. The lowest BCUT2D eigenvalue weighted by atomic mass is 9.43. The van der Waals surface area contributed by atoms with Crippen LogP contribution < -0.4 is 0 Å². The second kappa shape index (κ2) is 4.78. The van der Waals surface area contributed by atoms with Crippen molar-refractivity contribution in [2.24, 2.45) is 28.6 Å². The first kappa shape index (κ1) is 16.0. The maximum Gasteiger partial charge on any atom is 0.145 e. The summed E-state index contributed by atoms with van der Waals surface area (Å²) in [5.74, 6) is 0.228. The van der Waals surface area contributed by atoms with Gasteiger partial charge in [0.1, 0.15) is 11.5 Å². The molecule has 3 nitrogen and oxygen atoms in total. The number of halogens is 1. The summed E-state index contributed by atoms with van der Waals surface area (Å²) in [5.41, 5.74) is -2.70. The van der Waals surface area contributed by atoms with Crippen LogP contribution in [0.2, 0.25) is 0 Å². The monoisotopic (exact) mass is 324 g/mol. The van der Waals surface area contributed by atoms with Gasteiger partial charge in [-0.2, -0.15) is 0 Å². The molecule has 0 aromatic heterocycles. The lowest BCUT2D eigenvalue weighted by Crippen LogP contribution is -2.69. The molecule has 4 aliphatic rings. The van der Waals surface area contributed by atoms with E-state index < -0.39 is 22.6 Å². The number of aliphatic hydroxyl groups is 2. The van der Waals surface area contributed by atoms with Gasteiger partial charge in [-0.3, -0.25) is 4.79 Å². The van der Waals surface area contributed by atoms with Gasteiger partial charge in [-0.05, 0) is 62.7 Å². The summed E-state index contributed by atoms with van der Waals surface area (Å²) in [6, 6.07) is 0. The molecule has 0 radical (unpaired) electrons. The van der Waals surface area contributed by atoms with Crippen molar-refractivity contribution in [2.45, 2.75) is 83.1 Å². The fourth-order valence-corrected chi connectivity index (χ4v) is 7.01. The van der Waals surface area contributed by atoms with Crippen molar-refractivity contribution >= 4 is 5.78 Å². The van der Waals surface area contributed by atoms with Crippen LogP contribution in [0.15, 0.2) is 0 Å². The highest BCUT2D eigenvalue weighted by Gasteiger charge is 2.71. The van der Waals surface area contributed by atoms with Crippen LogP contribution in [-0.2, 0) is 4.79 Å². The Morgan fingerprint density at radius 2 is 1.83 bits per heavy atom. The van der Waals surface area contributed by atoms with Gasteiger partial charge in [-0.25, -0.2) is 4.39 Å². The van der Waals surface area contributed by atoms with Crippen LogP contribution in [0.1, 0.15) is 65.2 Å². The third-order valence-electron chi connectivity index (χ3n) is 8.42. The number of hydrogen-bond donors (Lipinski definition) is 2. The van der Waals surface area contributed by atoms with Crippen LogP contribution in [0.25, 0.3) is 0 Å². The van der Waals surface area contributed by atoms with Crippen molar-refractivity contribution < 1.29 is 19.4 Å². The van der Waals surface area contributed by atoms with E-state index in [1.54, 1.807) is 0 Å². The van der Waals surface area contributed by atoms with Gasteiger partial charge in [0.15, 0.2) is 0 Å². The van der Waals surface area contributed by atoms with Crippen molar-refractivity contribution in [2.75, 3.05) is 0 Å². The van der Waals surface area contributed by atoms with Crippen molar-refractivity contribution in [1.82, 2.24) is 0 Å². The molecule has 4 rings (SSSR count). The number of rotatable bonds is 0. The van der Waals surface area contributed by atoms with Gasteiger partial charge in [0.25, 0.3) is 0 Å². The fourth-order valence-electron chi connectivity index (χ4n) is 7.01. The van der Waals surface area contributed by atoms with E-state index >= 15 is 4.39 Å². The van der Waals surface area contributed by atoms with E-state index in [1.165, 1.54) is 0 Å². The second-order valence-electron chi connectivity index (χ2n) is 9.20. The number of aliphatic hydroxyl groups excluding tert-OH is 2. The van der Waals surface area contributed by atoms with E-state index in [-0.39, 0.29) is 36.1 Å². The Balaban J connectivity index is 1.76. The van der Waals surface area contributed by atoms with Gasteiger partial charge >= 0.3 is 0 Å². The van der Waals surface area contributed by atoms with Crippen LogP contribution in [0.4, 0.5) is 4.39 Å². The number of ketones is 1. The molecule has 23 heavy (non-hydrogen) atoms. The van der Waals surface area contributed by atoms with Crippen LogP contribution in [0.5, 0.6) is 0 Å². The van der Waals surface area contributed by atoms with E-state index in [1.807, 2.05) is 13.8 Å². The third-order valence-corrected chi connectivity index (χ3v) is 8.42. The first-order valence-corrected chi connectivity index (χ1v) is 9.32. The highest BCUT2D eigenvalue weighted by atomic mass is 19.1. The summed E-state index contributed by atoms with van der Waals surface area (Å²) in [5, 5.41) is 20.9. The summed E-state index contributed by atoms with van der Waals surface area (Å²) < 4.78 is 16.6. The Labute approximate surface area is 137 Å². The van der Waals surface area contributed by atoms with Crippen LogP contribution in [0.3, 0.4) is 0 Å². The molecule has 8 atom stereocenters. The summed E-state index contributed by atoms with van der Waals surface area (Å²) >= 11 is 0. The number of carbonyl (C=O) groups is 1. The number of alkyl halides is 1. The molecule has 0 bridgehead atoms. The van der Waals surface area contributed by atoms with Crippen LogP contribution in [0, 0.1) is 28.6 Å². The molecule has 0 spiro atoms. The zero-order valence-electron chi connectivity index (χ0n) is 14.2. The summed E-state index contributed by atoms with van der Waals surface area (Å²) in [6.45, 7) is 3.95.